The average molecular weight is 417 g/mol. The van der Waals surface area contributed by atoms with Crippen LogP contribution in [0.15, 0.2) is 23.0 Å². The maximum atomic E-state index is 12.0. The van der Waals surface area contributed by atoms with E-state index >= 15 is 0 Å². The molecule has 5 heteroatoms. The largest absolute Gasteiger partial charge is 0.340 e. The van der Waals surface area contributed by atoms with Crippen molar-refractivity contribution in [2.45, 2.75) is 96.8 Å². The highest BCUT2D eigenvalue weighted by molar-refractivity contribution is 5.31. The predicted octanol–water partition coefficient (Wildman–Crippen LogP) is 5.37. The van der Waals surface area contributed by atoms with Crippen LogP contribution in [0, 0.1) is 0 Å². The summed E-state index contributed by atoms with van der Waals surface area (Å²) >= 11 is 0. The lowest BCUT2D eigenvalue weighted by molar-refractivity contribution is 0.576. The second-order valence-corrected chi connectivity index (χ2v) is 8.63. The number of unbranched alkanes of at least 4 members (excludes halogenated alkanes) is 11. The first-order valence-corrected chi connectivity index (χ1v) is 12.5. The number of nitrogens with one attached hydrogen (secondary N) is 2. The minimum atomic E-state index is -0.0266. The molecule has 0 saturated carbocycles. The first-order chi connectivity index (χ1) is 14.8. The van der Waals surface area contributed by atoms with Gasteiger partial charge in [0.1, 0.15) is 0 Å². The Hall–Kier alpha value is -1.62. The molecule has 170 valence electrons. The normalized spacial score (nSPS) is 14.6. The summed E-state index contributed by atoms with van der Waals surface area (Å²) in [4.78, 5) is 21.7. The number of aromatic nitrogens is 2. The van der Waals surface area contributed by atoms with E-state index < -0.39 is 0 Å². The van der Waals surface area contributed by atoms with Crippen LogP contribution in [0.5, 0.6) is 0 Å². The number of rotatable bonds is 16. The number of hydrogen-bond donors (Lipinski definition) is 2. The fourth-order valence-corrected chi connectivity index (χ4v) is 4.03. The van der Waals surface area contributed by atoms with Gasteiger partial charge in [0, 0.05) is 37.9 Å². The molecule has 1 aromatic rings. The SMILES string of the molecule is CCCCCCCCC=CCCCCCCCc1cc(=O)[nH]c(N2CCNCC2)n1. The minimum absolute atomic E-state index is 0.0266. The van der Waals surface area contributed by atoms with Gasteiger partial charge in [0.05, 0.1) is 0 Å². The van der Waals surface area contributed by atoms with Gasteiger partial charge < -0.3 is 10.2 Å². The maximum Gasteiger partial charge on any atom is 0.252 e. The number of allylic oxidation sites excluding steroid dienone is 2. The van der Waals surface area contributed by atoms with Crippen molar-refractivity contribution in [3.05, 3.63) is 34.3 Å². The summed E-state index contributed by atoms with van der Waals surface area (Å²) in [5, 5.41) is 3.33. The molecule has 1 aromatic heterocycles. The van der Waals surface area contributed by atoms with Crippen LogP contribution < -0.4 is 15.8 Å². The predicted molar refractivity (Wildman–Crippen MR) is 128 cm³/mol. The van der Waals surface area contributed by atoms with Gasteiger partial charge >= 0.3 is 0 Å². The van der Waals surface area contributed by atoms with Crippen LogP contribution in [-0.4, -0.2) is 36.1 Å². The third-order valence-electron chi connectivity index (χ3n) is 5.89. The maximum absolute atomic E-state index is 12.0. The molecule has 0 radical (unpaired) electrons. The van der Waals surface area contributed by atoms with E-state index in [1.165, 1.54) is 77.0 Å². The molecule has 1 fully saturated rings. The highest BCUT2D eigenvalue weighted by atomic mass is 16.1. The van der Waals surface area contributed by atoms with Gasteiger partial charge in [0.25, 0.3) is 5.56 Å². The zero-order valence-electron chi connectivity index (χ0n) is 19.3. The van der Waals surface area contributed by atoms with Crippen molar-refractivity contribution in [2.75, 3.05) is 31.1 Å². The average Bonchev–Trinajstić information content (AvgIpc) is 2.76. The Morgan fingerprint density at radius 2 is 1.50 bits per heavy atom. The van der Waals surface area contributed by atoms with Gasteiger partial charge in [-0.2, -0.15) is 0 Å². The summed E-state index contributed by atoms with van der Waals surface area (Å²) in [7, 11) is 0. The molecule has 2 N–H and O–H groups in total. The van der Waals surface area contributed by atoms with Gasteiger partial charge in [-0.1, -0.05) is 70.4 Å². The molecule has 0 amide bonds. The summed E-state index contributed by atoms with van der Waals surface area (Å²) in [6, 6.07) is 1.67. The smallest absolute Gasteiger partial charge is 0.252 e. The van der Waals surface area contributed by atoms with Crippen LogP contribution >= 0.6 is 0 Å². The summed E-state index contributed by atoms with van der Waals surface area (Å²) in [6.45, 7) is 5.97. The number of hydrogen-bond acceptors (Lipinski definition) is 4. The monoisotopic (exact) mass is 416 g/mol. The van der Waals surface area contributed by atoms with E-state index in [0.29, 0.717) is 0 Å². The van der Waals surface area contributed by atoms with E-state index in [2.05, 4.69) is 34.3 Å². The topological polar surface area (TPSA) is 61.0 Å². The molecule has 0 spiro atoms. The van der Waals surface area contributed by atoms with Crippen LogP contribution in [-0.2, 0) is 6.42 Å². The van der Waals surface area contributed by atoms with Crippen LogP contribution in [0.4, 0.5) is 5.95 Å². The van der Waals surface area contributed by atoms with Crippen molar-refractivity contribution in [3.8, 4) is 0 Å². The molecule has 2 rings (SSSR count). The summed E-state index contributed by atoms with van der Waals surface area (Å²) in [6.07, 6.45) is 22.7. The Bertz CT molecular complexity index is 634. The zero-order chi connectivity index (χ0) is 21.3. The van der Waals surface area contributed by atoms with Crippen molar-refractivity contribution in [3.63, 3.8) is 0 Å². The van der Waals surface area contributed by atoms with E-state index in [0.717, 1.165) is 50.7 Å². The first kappa shape index (κ1) is 24.6. The van der Waals surface area contributed by atoms with Crippen molar-refractivity contribution in [2.24, 2.45) is 0 Å². The number of piperazine rings is 1. The second kappa shape index (κ2) is 16.1. The van der Waals surface area contributed by atoms with Crippen LogP contribution in [0.3, 0.4) is 0 Å². The van der Waals surface area contributed by atoms with Crippen molar-refractivity contribution >= 4 is 5.95 Å². The Labute approximate surface area is 183 Å². The third kappa shape index (κ3) is 11.0. The van der Waals surface area contributed by atoms with Crippen molar-refractivity contribution in [1.29, 1.82) is 0 Å². The lowest BCUT2D eigenvalue weighted by atomic mass is 10.1. The summed E-state index contributed by atoms with van der Waals surface area (Å²) in [5.74, 6) is 0.742. The van der Waals surface area contributed by atoms with Crippen molar-refractivity contribution < 1.29 is 0 Å². The van der Waals surface area contributed by atoms with E-state index in [9.17, 15) is 4.79 Å². The molecule has 5 nitrogen and oxygen atoms in total. The van der Waals surface area contributed by atoms with Gasteiger partial charge in [0.2, 0.25) is 5.95 Å². The molecule has 0 atom stereocenters. The summed E-state index contributed by atoms with van der Waals surface area (Å²) < 4.78 is 0. The van der Waals surface area contributed by atoms with Gasteiger partial charge in [0.15, 0.2) is 0 Å². The molecule has 1 aliphatic rings. The molecule has 1 saturated heterocycles. The Morgan fingerprint density at radius 3 is 2.17 bits per heavy atom. The van der Waals surface area contributed by atoms with E-state index in [-0.39, 0.29) is 5.56 Å². The van der Waals surface area contributed by atoms with Crippen LogP contribution in [0.25, 0.3) is 0 Å². The number of nitrogens with zero attached hydrogens (tertiary/aromatic N) is 2. The molecule has 1 aliphatic heterocycles. The molecular weight excluding hydrogens is 372 g/mol. The standard InChI is InChI=1S/C25H44N4O/c1-2-3-4-5-6-7-8-9-10-11-12-13-14-15-16-17-23-22-24(30)28-25(27-23)29-20-18-26-19-21-29/h9-10,22,26H,2-8,11-21H2,1H3,(H,27,28,30). The molecule has 0 unspecified atom stereocenters. The van der Waals surface area contributed by atoms with Crippen LogP contribution in [0.2, 0.25) is 0 Å². The Kier molecular flexibility index (Phi) is 13.2. The Balaban J connectivity index is 1.48. The molecule has 0 bridgehead atoms. The van der Waals surface area contributed by atoms with Crippen molar-refractivity contribution in [1.82, 2.24) is 15.3 Å². The van der Waals surface area contributed by atoms with Crippen LogP contribution in [0.1, 0.15) is 96.1 Å². The molecule has 0 aromatic carbocycles. The number of aromatic amines is 1. The van der Waals surface area contributed by atoms with Gasteiger partial charge in [-0.15, -0.1) is 0 Å². The number of anilines is 1. The lowest BCUT2D eigenvalue weighted by Gasteiger charge is -2.27. The van der Waals surface area contributed by atoms with E-state index in [1.807, 2.05) is 0 Å². The summed E-state index contributed by atoms with van der Waals surface area (Å²) in [5.41, 5.74) is 0.909. The van der Waals surface area contributed by atoms with Gasteiger partial charge in [-0.25, -0.2) is 4.98 Å². The fourth-order valence-electron chi connectivity index (χ4n) is 4.03. The minimum Gasteiger partial charge on any atom is -0.340 e. The van der Waals surface area contributed by atoms with Gasteiger partial charge in [-0.3, -0.25) is 9.78 Å². The zero-order valence-corrected chi connectivity index (χ0v) is 19.3. The number of H-pyrrole nitrogens is 1. The Morgan fingerprint density at radius 1 is 0.900 bits per heavy atom. The fraction of sp³-hybridized carbons (Fsp3) is 0.760. The second-order valence-electron chi connectivity index (χ2n) is 8.63. The molecule has 0 aliphatic carbocycles. The molecule has 2 heterocycles. The lowest BCUT2D eigenvalue weighted by Crippen LogP contribution is -2.44. The first-order valence-electron chi connectivity index (χ1n) is 12.5. The number of aryl methyl sites for hydroxylation is 1. The third-order valence-corrected chi connectivity index (χ3v) is 5.89. The quantitative estimate of drug-likeness (QED) is 0.281. The highest BCUT2D eigenvalue weighted by Gasteiger charge is 2.13. The molecular formula is C25H44N4O. The van der Waals surface area contributed by atoms with E-state index in [4.69, 9.17) is 4.98 Å². The highest BCUT2D eigenvalue weighted by Crippen LogP contribution is 2.12. The van der Waals surface area contributed by atoms with Gasteiger partial charge in [-0.05, 0) is 38.5 Å². The molecule has 30 heavy (non-hydrogen) atoms. The van der Waals surface area contributed by atoms with E-state index in [1.54, 1.807) is 6.07 Å².